The lowest BCUT2D eigenvalue weighted by Crippen LogP contribution is -2.20. The van der Waals surface area contributed by atoms with E-state index >= 15 is 0 Å². The van der Waals surface area contributed by atoms with Gasteiger partial charge < -0.3 is 24.8 Å². The first-order valence-corrected chi connectivity index (χ1v) is 7.76. The number of esters is 1. The average Bonchev–Trinajstić information content (AvgIpc) is 2.66. The molecule has 8 nitrogen and oxygen atoms in total. The van der Waals surface area contributed by atoms with Crippen molar-refractivity contribution in [3.63, 3.8) is 0 Å². The molecule has 0 saturated heterocycles. The second-order valence-electron chi connectivity index (χ2n) is 5.55. The fourth-order valence-electron chi connectivity index (χ4n) is 2.53. The zero-order chi connectivity index (χ0) is 18.7. The lowest BCUT2D eigenvalue weighted by Gasteiger charge is -2.08. The molecule has 0 spiro atoms. The molecule has 0 aliphatic carbocycles. The zero-order valence-electron chi connectivity index (χ0n) is 14.2. The molecule has 3 rings (SSSR count). The number of methoxy groups -OCH3 is 2. The van der Waals surface area contributed by atoms with Crippen molar-refractivity contribution in [2.24, 2.45) is 0 Å². The van der Waals surface area contributed by atoms with Crippen molar-refractivity contribution >= 4 is 22.6 Å². The van der Waals surface area contributed by atoms with E-state index in [4.69, 9.17) is 4.74 Å². The third kappa shape index (κ3) is 3.44. The predicted molar refractivity (Wildman–Crippen MR) is 96.8 cm³/mol. The summed E-state index contributed by atoms with van der Waals surface area (Å²) in [4.78, 5) is 41.0. The molecule has 2 aromatic heterocycles. The van der Waals surface area contributed by atoms with E-state index in [1.54, 1.807) is 31.4 Å². The highest BCUT2D eigenvalue weighted by Gasteiger charge is 2.10. The lowest BCUT2D eigenvalue weighted by atomic mass is 10.1. The first kappa shape index (κ1) is 17.3. The van der Waals surface area contributed by atoms with Gasteiger partial charge in [-0.15, -0.1) is 0 Å². The number of fused-ring (bicyclic) bond motifs is 1. The SMILES string of the molecule is COC(=O)c1c[nH]c(=O)c(NCc2cc3cc(OC)ccc3[nH]c2=O)c1. The van der Waals surface area contributed by atoms with Crippen molar-refractivity contribution in [2.75, 3.05) is 19.5 Å². The second-order valence-corrected chi connectivity index (χ2v) is 5.55. The van der Waals surface area contributed by atoms with Crippen molar-refractivity contribution in [3.8, 4) is 5.75 Å². The highest BCUT2D eigenvalue weighted by Crippen LogP contribution is 2.19. The van der Waals surface area contributed by atoms with Crippen LogP contribution in [0.1, 0.15) is 15.9 Å². The van der Waals surface area contributed by atoms with E-state index in [2.05, 4.69) is 20.0 Å². The van der Waals surface area contributed by atoms with E-state index < -0.39 is 11.5 Å². The van der Waals surface area contributed by atoms with Crippen molar-refractivity contribution < 1.29 is 14.3 Å². The Labute approximate surface area is 147 Å². The van der Waals surface area contributed by atoms with Crippen molar-refractivity contribution in [1.29, 1.82) is 0 Å². The lowest BCUT2D eigenvalue weighted by molar-refractivity contribution is 0.0600. The molecule has 0 saturated carbocycles. The highest BCUT2D eigenvalue weighted by atomic mass is 16.5. The van der Waals surface area contributed by atoms with Gasteiger partial charge in [0.1, 0.15) is 11.4 Å². The normalized spacial score (nSPS) is 10.5. The van der Waals surface area contributed by atoms with Gasteiger partial charge in [0.25, 0.3) is 11.1 Å². The molecule has 3 aromatic rings. The first-order valence-electron chi connectivity index (χ1n) is 7.76. The molecule has 1 aromatic carbocycles. The predicted octanol–water partition coefficient (Wildman–Crippen LogP) is 1.62. The van der Waals surface area contributed by atoms with Gasteiger partial charge in [0, 0.05) is 29.2 Å². The number of pyridine rings is 2. The molecule has 26 heavy (non-hydrogen) atoms. The standard InChI is InChI=1S/C18H17N3O5/c1-25-13-3-4-14-10(6-13)5-11(16(22)21-14)8-19-15-7-12(18(24)26-2)9-20-17(15)23/h3-7,9,19H,8H2,1-2H3,(H,20,23)(H,21,22). The van der Waals surface area contributed by atoms with Gasteiger partial charge in [-0.3, -0.25) is 9.59 Å². The van der Waals surface area contributed by atoms with Crippen LogP contribution in [0.3, 0.4) is 0 Å². The van der Waals surface area contributed by atoms with E-state index in [9.17, 15) is 14.4 Å². The number of carbonyl (C=O) groups is 1. The van der Waals surface area contributed by atoms with Gasteiger partial charge in [0.2, 0.25) is 0 Å². The smallest absolute Gasteiger partial charge is 0.339 e. The number of hydrogen-bond donors (Lipinski definition) is 3. The van der Waals surface area contributed by atoms with Gasteiger partial charge in [-0.1, -0.05) is 0 Å². The number of rotatable bonds is 5. The minimum absolute atomic E-state index is 0.107. The third-order valence-corrected chi connectivity index (χ3v) is 3.92. The largest absolute Gasteiger partial charge is 0.497 e. The molecule has 134 valence electrons. The monoisotopic (exact) mass is 355 g/mol. The Kier molecular flexibility index (Phi) is 4.74. The summed E-state index contributed by atoms with van der Waals surface area (Å²) in [5.41, 5.74) is 0.816. The summed E-state index contributed by atoms with van der Waals surface area (Å²) in [7, 11) is 2.82. The van der Waals surface area contributed by atoms with Crippen molar-refractivity contribution in [3.05, 3.63) is 68.4 Å². The van der Waals surface area contributed by atoms with Gasteiger partial charge in [-0.2, -0.15) is 0 Å². The summed E-state index contributed by atoms with van der Waals surface area (Å²) in [6.45, 7) is 0.107. The Balaban J connectivity index is 1.90. The van der Waals surface area contributed by atoms with Gasteiger partial charge in [-0.25, -0.2) is 4.79 Å². The Morgan fingerprint density at radius 3 is 2.65 bits per heavy atom. The van der Waals surface area contributed by atoms with E-state index in [1.165, 1.54) is 19.4 Å². The van der Waals surface area contributed by atoms with Crippen LogP contribution in [0.2, 0.25) is 0 Å². The number of H-pyrrole nitrogens is 2. The number of aromatic nitrogens is 2. The van der Waals surface area contributed by atoms with Crippen LogP contribution in [-0.4, -0.2) is 30.2 Å². The Bertz CT molecular complexity index is 1080. The number of nitrogens with one attached hydrogen (secondary N) is 3. The molecule has 0 atom stereocenters. The minimum atomic E-state index is -0.569. The highest BCUT2D eigenvalue weighted by molar-refractivity contribution is 5.89. The number of benzene rings is 1. The van der Waals surface area contributed by atoms with Crippen molar-refractivity contribution in [2.45, 2.75) is 6.54 Å². The van der Waals surface area contributed by atoms with Crippen LogP contribution in [0.25, 0.3) is 10.9 Å². The number of aromatic amines is 2. The summed E-state index contributed by atoms with van der Waals surface area (Å²) in [6, 6.07) is 8.43. The van der Waals surface area contributed by atoms with Crippen LogP contribution >= 0.6 is 0 Å². The molecule has 8 heteroatoms. The van der Waals surface area contributed by atoms with Crippen LogP contribution in [-0.2, 0) is 11.3 Å². The van der Waals surface area contributed by atoms with Crippen molar-refractivity contribution in [1.82, 2.24) is 9.97 Å². The minimum Gasteiger partial charge on any atom is -0.497 e. The number of carbonyl (C=O) groups excluding carboxylic acids is 1. The van der Waals surface area contributed by atoms with E-state index in [1.807, 2.05) is 0 Å². The number of anilines is 1. The summed E-state index contributed by atoms with van der Waals surface area (Å²) in [6.07, 6.45) is 1.27. The Hall–Kier alpha value is -3.55. The van der Waals surface area contributed by atoms with Crippen LogP contribution in [0.4, 0.5) is 5.69 Å². The molecule has 0 unspecified atom stereocenters. The van der Waals surface area contributed by atoms with E-state index in [0.29, 0.717) is 16.8 Å². The summed E-state index contributed by atoms with van der Waals surface area (Å²) in [5, 5.41) is 3.68. The third-order valence-electron chi connectivity index (χ3n) is 3.92. The summed E-state index contributed by atoms with van der Waals surface area (Å²) in [5.74, 6) is 0.102. The van der Waals surface area contributed by atoms with Crippen LogP contribution < -0.4 is 21.2 Å². The maximum Gasteiger partial charge on any atom is 0.339 e. The number of ether oxygens (including phenoxy) is 2. The molecular formula is C18H17N3O5. The van der Waals surface area contributed by atoms with Gasteiger partial charge in [0.15, 0.2) is 0 Å². The fraction of sp³-hybridized carbons (Fsp3) is 0.167. The molecule has 0 radical (unpaired) electrons. The molecule has 0 bridgehead atoms. The van der Waals surface area contributed by atoms with E-state index in [-0.39, 0.29) is 23.4 Å². The first-order chi connectivity index (χ1) is 12.5. The second kappa shape index (κ2) is 7.14. The summed E-state index contributed by atoms with van der Waals surface area (Å²) >= 11 is 0. The number of hydrogen-bond acceptors (Lipinski definition) is 6. The maximum absolute atomic E-state index is 12.2. The maximum atomic E-state index is 12.2. The Morgan fingerprint density at radius 1 is 1.12 bits per heavy atom. The molecule has 2 heterocycles. The van der Waals surface area contributed by atoms with Crippen LogP contribution in [0.15, 0.2) is 46.1 Å². The van der Waals surface area contributed by atoms with Crippen LogP contribution in [0, 0.1) is 0 Å². The van der Waals surface area contributed by atoms with Crippen LogP contribution in [0.5, 0.6) is 5.75 Å². The van der Waals surface area contributed by atoms with Gasteiger partial charge in [0.05, 0.1) is 19.8 Å². The Morgan fingerprint density at radius 2 is 1.92 bits per heavy atom. The van der Waals surface area contributed by atoms with Gasteiger partial charge in [-0.05, 0) is 30.3 Å². The zero-order valence-corrected chi connectivity index (χ0v) is 14.2. The fourth-order valence-corrected chi connectivity index (χ4v) is 2.53. The topological polar surface area (TPSA) is 113 Å². The van der Waals surface area contributed by atoms with Gasteiger partial charge >= 0.3 is 5.97 Å². The molecule has 0 amide bonds. The quantitative estimate of drug-likeness (QED) is 0.600. The average molecular weight is 355 g/mol. The summed E-state index contributed by atoms with van der Waals surface area (Å²) < 4.78 is 9.81. The molecule has 0 fully saturated rings. The molecule has 0 aliphatic heterocycles. The van der Waals surface area contributed by atoms with E-state index in [0.717, 1.165) is 5.39 Å². The molecular weight excluding hydrogens is 338 g/mol. The molecule has 0 aliphatic rings. The molecule has 3 N–H and O–H groups in total.